The molecule has 4 nitrogen and oxygen atoms in total. The molecular formula is C58H37N3O. The van der Waals surface area contributed by atoms with Crippen molar-refractivity contribution < 1.29 is 4.74 Å². The second kappa shape index (κ2) is 13.5. The standard InChI is InChI=1S/C58H37N3O/c1-2-15-37(16-3-1)55-59-56(61-57(60-55)39-33-34-45-43-19-5-4-17-41(43)42-18-6-7-20-44(42)48(45)35-39)38-31-29-36(30-32-38)40-23-14-27-52-54(40)62-53-28-13-12-26-51(53)58(52)49-24-10-8-21-46(49)47-22-9-11-25-50(47)58/h1-35,56H,(H,59,60,61). The van der Waals surface area contributed by atoms with Gasteiger partial charge in [0.05, 0.1) is 5.41 Å². The van der Waals surface area contributed by atoms with Crippen LogP contribution in [0.15, 0.2) is 222 Å². The quantitative estimate of drug-likeness (QED) is 0.180. The van der Waals surface area contributed by atoms with Crippen molar-refractivity contribution in [3.8, 4) is 33.8 Å². The van der Waals surface area contributed by atoms with Crippen molar-refractivity contribution in [2.24, 2.45) is 9.98 Å². The fraction of sp³-hybridized carbons (Fsp3) is 0.0345. The van der Waals surface area contributed by atoms with Crippen LogP contribution in [0.2, 0.25) is 0 Å². The van der Waals surface area contributed by atoms with Crippen molar-refractivity contribution in [1.29, 1.82) is 0 Å². The van der Waals surface area contributed by atoms with E-state index in [-0.39, 0.29) is 0 Å². The van der Waals surface area contributed by atoms with E-state index in [4.69, 9.17) is 14.7 Å². The van der Waals surface area contributed by atoms with Gasteiger partial charge < -0.3 is 10.1 Å². The zero-order valence-electron chi connectivity index (χ0n) is 33.6. The molecule has 2 heterocycles. The number of benzene rings is 10. The molecule has 10 aromatic rings. The summed E-state index contributed by atoms with van der Waals surface area (Å²) >= 11 is 0. The first-order valence-electron chi connectivity index (χ1n) is 21.3. The van der Waals surface area contributed by atoms with Gasteiger partial charge in [0, 0.05) is 27.8 Å². The van der Waals surface area contributed by atoms with Crippen molar-refractivity contribution >= 4 is 44.0 Å². The number of ether oxygens (including phenoxy) is 1. The number of amidine groups is 2. The number of hydrogen-bond donors (Lipinski definition) is 1. The molecule has 0 amide bonds. The molecule has 10 aromatic carbocycles. The summed E-state index contributed by atoms with van der Waals surface area (Å²) in [5.74, 6) is 3.34. The number of nitrogens with one attached hydrogen (secondary N) is 1. The van der Waals surface area contributed by atoms with Gasteiger partial charge in [-0.2, -0.15) is 0 Å². The third-order valence-corrected chi connectivity index (χ3v) is 13.2. The van der Waals surface area contributed by atoms with Crippen LogP contribution in [0.25, 0.3) is 54.6 Å². The van der Waals surface area contributed by atoms with Crippen molar-refractivity contribution in [3.63, 3.8) is 0 Å². The zero-order chi connectivity index (χ0) is 40.8. The van der Waals surface area contributed by atoms with Gasteiger partial charge in [0.15, 0.2) is 6.17 Å². The summed E-state index contributed by atoms with van der Waals surface area (Å²) in [6.45, 7) is 0. The molecule has 13 rings (SSSR count). The summed E-state index contributed by atoms with van der Waals surface area (Å²) in [7, 11) is 0. The van der Waals surface area contributed by atoms with Crippen LogP contribution < -0.4 is 10.1 Å². The second-order valence-electron chi connectivity index (χ2n) is 16.4. The number of para-hydroxylation sites is 2. The molecule has 0 aromatic heterocycles. The number of aliphatic imine (C=N–C) groups is 2. The van der Waals surface area contributed by atoms with Crippen molar-refractivity contribution in [2.45, 2.75) is 11.6 Å². The van der Waals surface area contributed by atoms with E-state index in [1.165, 1.54) is 54.6 Å². The Kier molecular flexibility index (Phi) is 7.55. The highest BCUT2D eigenvalue weighted by atomic mass is 16.5. The summed E-state index contributed by atoms with van der Waals surface area (Å²) < 4.78 is 6.98. The molecule has 0 saturated heterocycles. The molecule has 1 unspecified atom stereocenters. The number of fused-ring (bicyclic) bond motifs is 15. The van der Waals surface area contributed by atoms with Crippen LogP contribution in [-0.2, 0) is 5.41 Å². The summed E-state index contributed by atoms with van der Waals surface area (Å²) in [6.07, 6.45) is -0.456. The molecule has 4 heteroatoms. The molecule has 290 valence electrons. The Morgan fingerprint density at radius 3 is 1.55 bits per heavy atom. The lowest BCUT2D eigenvalue weighted by atomic mass is 9.65. The largest absolute Gasteiger partial charge is 0.456 e. The van der Waals surface area contributed by atoms with Crippen LogP contribution >= 0.6 is 0 Å². The molecule has 2 aliphatic heterocycles. The highest BCUT2D eigenvalue weighted by molar-refractivity contribution is 6.26. The van der Waals surface area contributed by atoms with E-state index < -0.39 is 11.6 Å². The average molecular weight is 792 g/mol. The number of rotatable bonds is 4. The zero-order valence-corrected chi connectivity index (χ0v) is 33.6. The van der Waals surface area contributed by atoms with Gasteiger partial charge in [-0.05, 0) is 77.8 Å². The van der Waals surface area contributed by atoms with Crippen LogP contribution in [0.3, 0.4) is 0 Å². The molecule has 0 saturated carbocycles. The first-order valence-corrected chi connectivity index (χ1v) is 21.3. The van der Waals surface area contributed by atoms with Gasteiger partial charge in [0.2, 0.25) is 0 Å². The van der Waals surface area contributed by atoms with Gasteiger partial charge >= 0.3 is 0 Å². The normalized spacial score (nSPS) is 15.5. The maximum Gasteiger partial charge on any atom is 0.169 e. The minimum atomic E-state index is -0.516. The smallest absolute Gasteiger partial charge is 0.169 e. The molecule has 0 fully saturated rings. The molecule has 0 radical (unpaired) electrons. The maximum absolute atomic E-state index is 6.98. The minimum Gasteiger partial charge on any atom is -0.456 e. The van der Waals surface area contributed by atoms with E-state index in [9.17, 15) is 0 Å². The van der Waals surface area contributed by atoms with Crippen molar-refractivity contribution in [3.05, 3.63) is 251 Å². The Bertz CT molecular complexity index is 3450. The Hall–Kier alpha value is -8.08. The SMILES string of the molecule is c1ccc(C2=NC(c3ccc(-c4cccc5c4Oc4ccccc4C54c5ccccc5-c5ccccc54)cc3)N=C(c3ccc4c5ccccc5c5ccccc5c4c3)N2)cc1. The Balaban J connectivity index is 0.934. The topological polar surface area (TPSA) is 46.0 Å². The first kappa shape index (κ1) is 34.8. The van der Waals surface area contributed by atoms with Gasteiger partial charge in [-0.1, -0.05) is 200 Å². The van der Waals surface area contributed by atoms with Gasteiger partial charge in [-0.3, -0.25) is 0 Å². The van der Waals surface area contributed by atoms with E-state index in [2.05, 4.69) is 212 Å². The van der Waals surface area contributed by atoms with Gasteiger partial charge in [0.25, 0.3) is 0 Å². The van der Waals surface area contributed by atoms with Crippen molar-refractivity contribution in [1.82, 2.24) is 5.32 Å². The van der Waals surface area contributed by atoms with Crippen LogP contribution in [0.5, 0.6) is 11.5 Å². The lowest BCUT2D eigenvalue weighted by Crippen LogP contribution is -2.36. The molecule has 1 N–H and O–H groups in total. The predicted molar refractivity (Wildman–Crippen MR) is 254 cm³/mol. The molecular weight excluding hydrogens is 755 g/mol. The third-order valence-electron chi connectivity index (χ3n) is 13.2. The Labute approximate surface area is 359 Å². The van der Waals surface area contributed by atoms with Crippen LogP contribution in [0.1, 0.15) is 45.1 Å². The fourth-order valence-electron chi connectivity index (χ4n) is 10.5. The van der Waals surface area contributed by atoms with Gasteiger partial charge in [-0.15, -0.1) is 0 Å². The molecule has 1 spiro atoms. The average Bonchev–Trinajstić information content (AvgIpc) is 3.64. The lowest BCUT2D eigenvalue weighted by Gasteiger charge is -2.40. The van der Waals surface area contributed by atoms with Crippen molar-refractivity contribution in [2.75, 3.05) is 0 Å². The predicted octanol–water partition coefficient (Wildman–Crippen LogP) is 13.8. The fourth-order valence-corrected chi connectivity index (χ4v) is 10.5. The molecule has 0 bridgehead atoms. The van der Waals surface area contributed by atoms with Gasteiger partial charge in [-0.25, -0.2) is 9.98 Å². The lowest BCUT2D eigenvalue weighted by molar-refractivity contribution is 0.438. The highest BCUT2D eigenvalue weighted by Gasteiger charge is 2.51. The van der Waals surface area contributed by atoms with Crippen LogP contribution in [-0.4, -0.2) is 11.7 Å². The Morgan fingerprint density at radius 2 is 0.871 bits per heavy atom. The van der Waals surface area contributed by atoms with E-state index in [0.29, 0.717) is 0 Å². The molecule has 1 atom stereocenters. The monoisotopic (exact) mass is 791 g/mol. The third kappa shape index (κ3) is 5.01. The molecule has 3 aliphatic rings. The van der Waals surface area contributed by atoms with E-state index in [1.54, 1.807) is 0 Å². The van der Waals surface area contributed by atoms with Gasteiger partial charge in [0.1, 0.15) is 23.2 Å². The first-order chi connectivity index (χ1) is 30.7. The summed E-state index contributed by atoms with van der Waals surface area (Å²) in [6, 6.07) is 76.1. The highest BCUT2D eigenvalue weighted by Crippen LogP contribution is 2.63. The maximum atomic E-state index is 6.98. The van der Waals surface area contributed by atoms with E-state index in [0.717, 1.165) is 62.1 Å². The summed E-state index contributed by atoms with van der Waals surface area (Å²) in [5, 5.41) is 11.1. The number of hydrogen-bond acceptors (Lipinski definition) is 4. The number of nitrogens with zero attached hydrogens (tertiary/aromatic N) is 2. The van der Waals surface area contributed by atoms with E-state index in [1.807, 2.05) is 6.07 Å². The molecule has 62 heavy (non-hydrogen) atoms. The van der Waals surface area contributed by atoms with E-state index >= 15 is 0 Å². The molecule has 1 aliphatic carbocycles. The Morgan fingerprint density at radius 1 is 0.371 bits per heavy atom. The summed E-state index contributed by atoms with van der Waals surface area (Å²) in [5.41, 5.74) is 12.0. The van der Waals surface area contributed by atoms with Crippen LogP contribution in [0.4, 0.5) is 0 Å². The second-order valence-corrected chi connectivity index (χ2v) is 16.4. The van der Waals surface area contributed by atoms with Crippen LogP contribution in [0, 0.1) is 0 Å². The summed E-state index contributed by atoms with van der Waals surface area (Å²) in [4.78, 5) is 10.6. The minimum absolute atomic E-state index is 0.456.